The molecule has 0 bridgehead atoms. The molecule has 0 aromatic heterocycles. The third-order valence-corrected chi connectivity index (χ3v) is 4.65. The second-order valence-corrected chi connectivity index (χ2v) is 6.28. The Balaban J connectivity index is 1.79. The van der Waals surface area contributed by atoms with E-state index in [-0.39, 0.29) is 5.56 Å². The molecular formula is C20H13F3N2O. The van der Waals surface area contributed by atoms with Crippen LogP contribution >= 0.6 is 0 Å². The molecule has 2 N–H and O–H groups in total. The fourth-order valence-electron chi connectivity index (χ4n) is 3.38. The smallest absolute Gasteiger partial charge is 0.161 e. The molecule has 3 aromatic carbocycles. The van der Waals surface area contributed by atoms with E-state index in [1.807, 2.05) is 6.07 Å². The van der Waals surface area contributed by atoms with Crippen molar-refractivity contribution in [2.24, 2.45) is 5.73 Å². The van der Waals surface area contributed by atoms with E-state index in [9.17, 15) is 13.2 Å². The molecule has 6 heteroatoms. The fourth-order valence-corrected chi connectivity index (χ4v) is 3.38. The number of hydrogen-bond acceptors (Lipinski definition) is 3. The zero-order valence-electron chi connectivity index (χ0n) is 13.5. The molecule has 0 radical (unpaired) electrons. The minimum Gasteiger partial charge on any atom is -0.484 e. The maximum absolute atomic E-state index is 14.1. The molecule has 1 aliphatic heterocycles. The Morgan fingerprint density at radius 3 is 2.54 bits per heavy atom. The van der Waals surface area contributed by atoms with Gasteiger partial charge < -0.3 is 10.5 Å². The molecule has 2 unspecified atom stereocenters. The predicted octanol–water partition coefficient (Wildman–Crippen LogP) is 4.13. The molecule has 0 aliphatic carbocycles. The molecule has 0 saturated heterocycles. The van der Waals surface area contributed by atoms with Crippen LogP contribution in [-0.2, 0) is 6.42 Å². The molecule has 0 fully saturated rings. The third kappa shape index (κ3) is 2.57. The summed E-state index contributed by atoms with van der Waals surface area (Å²) in [6.07, 6.45) is -0.546. The summed E-state index contributed by atoms with van der Waals surface area (Å²) in [6.45, 7) is 0. The number of nitriles is 1. The van der Waals surface area contributed by atoms with Crippen molar-refractivity contribution in [3.05, 3.63) is 76.6 Å². The molecule has 1 heterocycles. The number of hydrogen-bond donors (Lipinski definition) is 1. The van der Waals surface area contributed by atoms with Crippen LogP contribution in [0.5, 0.6) is 5.75 Å². The summed E-state index contributed by atoms with van der Waals surface area (Å²) in [4.78, 5) is 0. The maximum atomic E-state index is 14.1. The average Bonchev–Trinajstić information content (AvgIpc) is 2.64. The van der Waals surface area contributed by atoms with E-state index in [1.54, 1.807) is 24.3 Å². The Bertz CT molecular complexity index is 1070. The highest BCUT2D eigenvalue weighted by Crippen LogP contribution is 2.39. The van der Waals surface area contributed by atoms with Gasteiger partial charge in [0.1, 0.15) is 17.7 Å². The summed E-state index contributed by atoms with van der Waals surface area (Å²) in [7, 11) is 0. The van der Waals surface area contributed by atoms with E-state index in [2.05, 4.69) is 6.07 Å². The molecular weight excluding hydrogens is 341 g/mol. The molecule has 0 saturated carbocycles. The first-order valence-electron chi connectivity index (χ1n) is 8.00. The number of ether oxygens (including phenoxy) is 1. The van der Waals surface area contributed by atoms with Gasteiger partial charge in [0, 0.05) is 17.2 Å². The van der Waals surface area contributed by atoms with Gasteiger partial charge in [-0.2, -0.15) is 5.26 Å². The Hall–Kier alpha value is -3.04. The second-order valence-electron chi connectivity index (χ2n) is 6.28. The minimum absolute atomic E-state index is 0.109. The van der Waals surface area contributed by atoms with Crippen LogP contribution in [0.4, 0.5) is 13.2 Å². The number of nitrogens with two attached hydrogens (primary N) is 1. The van der Waals surface area contributed by atoms with Crippen molar-refractivity contribution in [2.45, 2.75) is 18.6 Å². The van der Waals surface area contributed by atoms with E-state index in [4.69, 9.17) is 15.7 Å². The van der Waals surface area contributed by atoms with Gasteiger partial charge in [-0.3, -0.25) is 0 Å². The summed E-state index contributed by atoms with van der Waals surface area (Å²) in [5.41, 5.74) is 7.45. The quantitative estimate of drug-likeness (QED) is 0.669. The lowest BCUT2D eigenvalue weighted by atomic mass is 9.89. The molecule has 4 rings (SSSR count). The number of benzene rings is 3. The van der Waals surface area contributed by atoms with Crippen molar-refractivity contribution >= 4 is 10.8 Å². The zero-order chi connectivity index (χ0) is 18.4. The molecule has 0 amide bonds. The minimum atomic E-state index is -1.25. The van der Waals surface area contributed by atoms with E-state index in [0.29, 0.717) is 23.8 Å². The van der Waals surface area contributed by atoms with Crippen molar-refractivity contribution in [3.63, 3.8) is 0 Å². The Labute approximate surface area is 147 Å². The highest BCUT2D eigenvalue weighted by atomic mass is 19.2. The lowest BCUT2D eigenvalue weighted by molar-refractivity contribution is 0.149. The maximum Gasteiger partial charge on any atom is 0.161 e. The molecule has 26 heavy (non-hydrogen) atoms. The number of halogens is 3. The van der Waals surface area contributed by atoms with Crippen molar-refractivity contribution in [3.8, 4) is 11.8 Å². The first-order chi connectivity index (χ1) is 12.5. The van der Waals surface area contributed by atoms with Gasteiger partial charge in [0.05, 0.1) is 17.7 Å². The normalized spacial score (nSPS) is 18.9. The van der Waals surface area contributed by atoms with Gasteiger partial charge in [-0.15, -0.1) is 0 Å². The number of fused-ring (bicyclic) bond motifs is 3. The van der Waals surface area contributed by atoms with Gasteiger partial charge in [0.15, 0.2) is 11.6 Å². The summed E-state index contributed by atoms with van der Waals surface area (Å²) >= 11 is 0. The van der Waals surface area contributed by atoms with Crippen LogP contribution in [0.3, 0.4) is 0 Å². The fraction of sp³-hybridized carbons (Fsp3) is 0.150. The van der Waals surface area contributed by atoms with Gasteiger partial charge in [-0.25, -0.2) is 13.2 Å². The van der Waals surface area contributed by atoms with Crippen LogP contribution in [0.15, 0.2) is 42.5 Å². The lowest BCUT2D eigenvalue weighted by Crippen LogP contribution is -2.38. The molecule has 130 valence electrons. The van der Waals surface area contributed by atoms with Crippen molar-refractivity contribution < 1.29 is 17.9 Å². The SMILES string of the molecule is N#Cc1ccc2c3c(ccc2c1)OC(c1cc(F)c(F)cc1F)C(N)C3. The number of nitrogens with zero attached hydrogens (tertiary/aromatic N) is 1. The third-order valence-electron chi connectivity index (χ3n) is 4.65. The summed E-state index contributed by atoms with van der Waals surface area (Å²) in [5.74, 6) is -2.79. The zero-order valence-corrected chi connectivity index (χ0v) is 13.5. The molecule has 2 atom stereocenters. The van der Waals surface area contributed by atoms with Gasteiger partial charge in [-0.1, -0.05) is 12.1 Å². The predicted molar refractivity (Wildman–Crippen MR) is 90.0 cm³/mol. The van der Waals surface area contributed by atoms with E-state index in [1.165, 1.54) is 0 Å². The van der Waals surface area contributed by atoms with Crippen molar-refractivity contribution in [2.75, 3.05) is 0 Å². The molecule has 3 aromatic rings. The second kappa shape index (κ2) is 6.04. The van der Waals surface area contributed by atoms with Crippen molar-refractivity contribution in [1.82, 2.24) is 0 Å². The number of rotatable bonds is 1. The lowest BCUT2D eigenvalue weighted by Gasteiger charge is -2.32. The Morgan fingerprint density at radius 1 is 1.00 bits per heavy atom. The van der Waals surface area contributed by atoms with Gasteiger partial charge in [0.25, 0.3) is 0 Å². The first-order valence-corrected chi connectivity index (χ1v) is 8.00. The standard InChI is InChI=1S/C20H13F3N2O/c21-15-8-17(23)16(22)6-14(15)20-18(25)7-13-12-3-1-10(9-24)5-11(12)2-4-19(13)26-20/h1-6,8,18,20H,7,25H2. The molecule has 1 aliphatic rings. The van der Waals surface area contributed by atoms with Crippen LogP contribution in [0.2, 0.25) is 0 Å². The van der Waals surface area contributed by atoms with Gasteiger partial charge in [0.2, 0.25) is 0 Å². The van der Waals surface area contributed by atoms with Gasteiger partial charge >= 0.3 is 0 Å². The Morgan fingerprint density at radius 2 is 1.77 bits per heavy atom. The monoisotopic (exact) mass is 354 g/mol. The average molecular weight is 354 g/mol. The van der Waals surface area contributed by atoms with E-state index >= 15 is 0 Å². The highest BCUT2D eigenvalue weighted by molar-refractivity contribution is 5.89. The summed E-state index contributed by atoms with van der Waals surface area (Å²) in [6, 6.07) is 11.5. The van der Waals surface area contributed by atoms with Crippen molar-refractivity contribution in [1.29, 1.82) is 5.26 Å². The first kappa shape index (κ1) is 16.4. The van der Waals surface area contributed by atoms with Crippen LogP contribution in [0.1, 0.15) is 22.8 Å². The highest BCUT2D eigenvalue weighted by Gasteiger charge is 2.32. The van der Waals surface area contributed by atoms with Crippen LogP contribution < -0.4 is 10.5 Å². The summed E-state index contributed by atoms with van der Waals surface area (Å²) < 4.78 is 46.7. The van der Waals surface area contributed by atoms with Crippen LogP contribution in [0, 0.1) is 28.8 Å². The van der Waals surface area contributed by atoms with Gasteiger partial charge in [-0.05, 0) is 41.5 Å². The van der Waals surface area contributed by atoms with Crippen LogP contribution in [0.25, 0.3) is 10.8 Å². The van der Waals surface area contributed by atoms with E-state index in [0.717, 1.165) is 22.4 Å². The molecule has 0 spiro atoms. The Kier molecular flexibility index (Phi) is 3.82. The summed E-state index contributed by atoms with van der Waals surface area (Å²) in [5, 5.41) is 10.8. The topological polar surface area (TPSA) is 59.0 Å². The van der Waals surface area contributed by atoms with Crippen LogP contribution in [-0.4, -0.2) is 6.04 Å². The van der Waals surface area contributed by atoms with E-state index < -0.39 is 29.6 Å². The molecule has 3 nitrogen and oxygen atoms in total. The largest absolute Gasteiger partial charge is 0.484 e.